The van der Waals surface area contributed by atoms with E-state index in [-0.39, 0.29) is 33.9 Å². The van der Waals surface area contributed by atoms with Crippen molar-refractivity contribution in [1.29, 1.82) is 0 Å². The van der Waals surface area contributed by atoms with Crippen molar-refractivity contribution in [2.24, 2.45) is 0 Å². The van der Waals surface area contributed by atoms with Crippen LogP contribution in [-0.2, 0) is 4.79 Å². The molecule has 0 aromatic heterocycles. The maximum Gasteiger partial charge on any atom is 0.312 e. The molecule has 0 aliphatic heterocycles. The summed E-state index contributed by atoms with van der Waals surface area (Å²) in [5.41, 5.74) is -0.240. The first-order valence-corrected chi connectivity index (χ1v) is 6.49. The highest BCUT2D eigenvalue weighted by Crippen LogP contribution is 2.35. The Morgan fingerprint density at radius 1 is 1.37 bits per heavy atom. The first-order chi connectivity index (χ1) is 8.95. The topological polar surface area (TPSA) is 69.4 Å². The van der Waals surface area contributed by atoms with Gasteiger partial charge in [-0.25, -0.2) is 0 Å². The molecule has 0 fully saturated rings. The molecule has 0 bridgehead atoms. The molecule has 0 spiro atoms. The second kappa shape index (κ2) is 7.31. The first kappa shape index (κ1) is 15.7. The average molecular weight is 306 g/mol. The van der Waals surface area contributed by atoms with Gasteiger partial charge in [-0.1, -0.05) is 30.1 Å². The van der Waals surface area contributed by atoms with Gasteiger partial charge in [0.1, 0.15) is 5.78 Å². The Morgan fingerprint density at radius 3 is 2.58 bits per heavy atom. The number of nitrogens with zero attached hydrogens (tertiary/aromatic N) is 1. The number of nitro benzene ring substituents is 1. The molecule has 7 heteroatoms. The van der Waals surface area contributed by atoms with Crippen molar-refractivity contribution in [1.82, 2.24) is 0 Å². The number of ketones is 1. The van der Waals surface area contributed by atoms with Crippen LogP contribution in [0.3, 0.4) is 0 Å². The minimum atomic E-state index is -0.589. The molecule has 0 aliphatic carbocycles. The third kappa shape index (κ3) is 4.69. The van der Waals surface area contributed by atoms with Crippen LogP contribution in [0.15, 0.2) is 12.1 Å². The molecule has 1 aromatic carbocycles. The zero-order valence-electron chi connectivity index (χ0n) is 10.3. The van der Waals surface area contributed by atoms with E-state index in [0.717, 1.165) is 6.07 Å². The van der Waals surface area contributed by atoms with Crippen molar-refractivity contribution in [3.05, 3.63) is 32.3 Å². The van der Waals surface area contributed by atoms with Crippen LogP contribution in [0, 0.1) is 10.1 Å². The molecule has 0 saturated carbocycles. The highest BCUT2D eigenvalue weighted by Gasteiger charge is 2.18. The van der Waals surface area contributed by atoms with Crippen molar-refractivity contribution < 1.29 is 14.5 Å². The molecule has 5 nitrogen and oxygen atoms in total. The van der Waals surface area contributed by atoms with Gasteiger partial charge in [0.15, 0.2) is 5.75 Å². The van der Waals surface area contributed by atoms with Crippen LogP contribution in [0.1, 0.15) is 26.2 Å². The summed E-state index contributed by atoms with van der Waals surface area (Å²) in [4.78, 5) is 21.3. The molecule has 0 N–H and O–H groups in total. The van der Waals surface area contributed by atoms with E-state index in [4.69, 9.17) is 27.9 Å². The second-order valence-corrected chi connectivity index (χ2v) is 4.65. The van der Waals surface area contributed by atoms with E-state index >= 15 is 0 Å². The first-order valence-electron chi connectivity index (χ1n) is 5.73. The van der Waals surface area contributed by atoms with Crippen molar-refractivity contribution in [2.75, 3.05) is 6.61 Å². The van der Waals surface area contributed by atoms with Crippen LogP contribution in [0.25, 0.3) is 0 Å². The van der Waals surface area contributed by atoms with Crippen LogP contribution in [-0.4, -0.2) is 17.3 Å². The van der Waals surface area contributed by atoms with Crippen LogP contribution >= 0.6 is 23.2 Å². The normalized spacial score (nSPS) is 10.3. The minimum Gasteiger partial charge on any atom is -0.487 e. The Bertz CT molecular complexity index is 491. The number of nitro groups is 1. The van der Waals surface area contributed by atoms with Gasteiger partial charge in [-0.05, 0) is 6.42 Å². The molecule has 104 valence electrons. The lowest BCUT2D eigenvalue weighted by Crippen LogP contribution is -2.04. The lowest BCUT2D eigenvalue weighted by molar-refractivity contribution is -0.385. The average Bonchev–Trinajstić information content (AvgIpc) is 2.37. The SMILES string of the molecule is CCC(=O)CCCOc1cc(Cl)c(Cl)cc1[N+](=O)[O-]. The zero-order chi connectivity index (χ0) is 14.4. The fourth-order valence-electron chi connectivity index (χ4n) is 1.40. The number of carbonyl (C=O) groups excluding carboxylic acids is 1. The maximum atomic E-state index is 11.1. The quantitative estimate of drug-likeness (QED) is 0.433. The summed E-state index contributed by atoms with van der Waals surface area (Å²) in [6, 6.07) is 2.46. The number of carbonyl (C=O) groups is 1. The van der Waals surface area contributed by atoms with Gasteiger partial charge >= 0.3 is 5.69 Å². The van der Waals surface area contributed by atoms with Crippen molar-refractivity contribution in [3.63, 3.8) is 0 Å². The Balaban J connectivity index is 2.69. The predicted octanol–water partition coefficient (Wildman–Crippen LogP) is 4.04. The molecular formula is C12H13Cl2NO4. The summed E-state index contributed by atoms with van der Waals surface area (Å²) in [5.74, 6) is 0.190. The Morgan fingerprint density at radius 2 is 2.00 bits per heavy atom. The fraction of sp³-hybridized carbons (Fsp3) is 0.417. The van der Waals surface area contributed by atoms with Crippen molar-refractivity contribution >= 4 is 34.7 Å². The fourth-order valence-corrected chi connectivity index (χ4v) is 1.72. The molecule has 0 atom stereocenters. The maximum absolute atomic E-state index is 11.1. The van der Waals surface area contributed by atoms with E-state index in [9.17, 15) is 14.9 Å². The van der Waals surface area contributed by atoms with Crippen LogP contribution in [0.4, 0.5) is 5.69 Å². The van der Waals surface area contributed by atoms with Gasteiger partial charge in [0.25, 0.3) is 0 Å². The van der Waals surface area contributed by atoms with E-state index in [1.165, 1.54) is 6.07 Å². The van der Waals surface area contributed by atoms with Crippen LogP contribution < -0.4 is 4.74 Å². The van der Waals surface area contributed by atoms with Crippen molar-refractivity contribution in [3.8, 4) is 5.75 Å². The van der Waals surface area contributed by atoms with Crippen molar-refractivity contribution in [2.45, 2.75) is 26.2 Å². The summed E-state index contributed by atoms with van der Waals surface area (Å²) in [5, 5.41) is 11.1. The van der Waals surface area contributed by atoms with Gasteiger partial charge in [-0.15, -0.1) is 0 Å². The number of ether oxygens (including phenoxy) is 1. The zero-order valence-corrected chi connectivity index (χ0v) is 11.8. The number of benzene rings is 1. The van der Waals surface area contributed by atoms with E-state index in [1.807, 2.05) is 0 Å². The number of hydrogen-bond donors (Lipinski definition) is 0. The second-order valence-electron chi connectivity index (χ2n) is 3.84. The highest BCUT2D eigenvalue weighted by atomic mass is 35.5. The summed E-state index contributed by atoms with van der Waals surface area (Å²) in [6.45, 7) is 2.00. The molecule has 0 amide bonds. The molecule has 0 unspecified atom stereocenters. The molecule has 0 heterocycles. The Kier molecular flexibility index (Phi) is 6.05. The smallest absolute Gasteiger partial charge is 0.312 e. The molecule has 0 radical (unpaired) electrons. The lowest BCUT2D eigenvalue weighted by Gasteiger charge is -2.07. The third-order valence-electron chi connectivity index (χ3n) is 2.45. The van der Waals surface area contributed by atoms with Crippen LogP contribution in [0.2, 0.25) is 10.0 Å². The highest BCUT2D eigenvalue weighted by molar-refractivity contribution is 6.42. The number of halogens is 2. The summed E-state index contributed by atoms with van der Waals surface area (Å²) in [7, 11) is 0. The summed E-state index contributed by atoms with van der Waals surface area (Å²) in [6.07, 6.45) is 1.38. The molecule has 1 aromatic rings. The van der Waals surface area contributed by atoms with Gasteiger partial charge in [0, 0.05) is 25.0 Å². The van der Waals surface area contributed by atoms with Crippen LogP contribution in [0.5, 0.6) is 5.75 Å². The monoisotopic (exact) mass is 305 g/mol. The standard InChI is InChI=1S/C12H13Cl2NO4/c1-2-8(16)4-3-5-19-12-7-10(14)9(13)6-11(12)15(17)18/h6-7H,2-5H2,1H3. The third-order valence-corrected chi connectivity index (χ3v) is 3.17. The minimum absolute atomic E-state index is 0.0587. The number of Topliss-reactive ketones (excluding diaryl/α,β-unsaturated/α-hetero) is 1. The van der Waals surface area contributed by atoms with Gasteiger partial charge in [-0.2, -0.15) is 0 Å². The number of hydrogen-bond acceptors (Lipinski definition) is 4. The van der Waals surface area contributed by atoms with Gasteiger partial charge in [-0.3, -0.25) is 14.9 Å². The Hall–Kier alpha value is -1.33. The van der Waals surface area contributed by atoms with E-state index in [1.54, 1.807) is 6.92 Å². The molecule has 0 aliphatic rings. The summed E-state index contributed by atoms with van der Waals surface area (Å²) < 4.78 is 5.29. The predicted molar refractivity (Wildman–Crippen MR) is 73.1 cm³/mol. The lowest BCUT2D eigenvalue weighted by atomic mass is 10.2. The number of rotatable bonds is 7. The summed E-state index contributed by atoms with van der Waals surface area (Å²) >= 11 is 11.5. The van der Waals surface area contributed by atoms with E-state index in [2.05, 4.69) is 0 Å². The molecular weight excluding hydrogens is 293 g/mol. The van der Waals surface area contributed by atoms with E-state index < -0.39 is 4.92 Å². The van der Waals surface area contributed by atoms with Gasteiger partial charge in [0.2, 0.25) is 0 Å². The van der Waals surface area contributed by atoms with E-state index in [0.29, 0.717) is 19.3 Å². The molecule has 1 rings (SSSR count). The van der Waals surface area contributed by atoms with Gasteiger partial charge < -0.3 is 4.74 Å². The largest absolute Gasteiger partial charge is 0.487 e. The Labute approximate surface area is 120 Å². The molecule has 0 saturated heterocycles. The molecule has 19 heavy (non-hydrogen) atoms. The van der Waals surface area contributed by atoms with Gasteiger partial charge in [0.05, 0.1) is 21.6 Å².